The van der Waals surface area contributed by atoms with Crippen LogP contribution in [0.3, 0.4) is 0 Å². The molecule has 136 valence electrons. The zero-order valence-electron chi connectivity index (χ0n) is 15.2. The molecule has 0 heterocycles. The van der Waals surface area contributed by atoms with E-state index in [2.05, 4.69) is 41.7 Å². The zero-order valence-corrected chi connectivity index (χ0v) is 17.5. The monoisotopic (exact) mass is 438 g/mol. The van der Waals surface area contributed by atoms with Gasteiger partial charge in [-0.15, -0.1) is 24.0 Å². The summed E-state index contributed by atoms with van der Waals surface area (Å²) >= 11 is 0. The Morgan fingerprint density at radius 3 is 2.39 bits per heavy atom. The first-order valence-corrected chi connectivity index (χ1v) is 8.77. The molecule has 0 spiro atoms. The lowest BCUT2D eigenvalue weighted by molar-refractivity contribution is -0.121. The highest BCUT2D eigenvalue weighted by atomic mass is 127. The molecular weight excluding hydrogens is 403 g/mol. The van der Waals surface area contributed by atoms with Gasteiger partial charge in [0.1, 0.15) is 0 Å². The molecule has 0 aliphatic heterocycles. The summed E-state index contributed by atoms with van der Waals surface area (Å²) in [6, 6.07) is 0.793. The minimum atomic E-state index is 0. The summed E-state index contributed by atoms with van der Waals surface area (Å²) in [6.45, 7) is 7.27. The Labute approximate surface area is 158 Å². The van der Waals surface area contributed by atoms with E-state index in [-0.39, 0.29) is 29.9 Å². The first-order valence-electron chi connectivity index (χ1n) is 8.77. The highest BCUT2D eigenvalue weighted by Crippen LogP contribution is 2.17. The van der Waals surface area contributed by atoms with Gasteiger partial charge in [0, 0.05) is 32.1 Å². The largest absolute Gasteiger partial charge is 0.356 e. The number of nitrogens with one attached hydrogen (secondary N) is 3. The normalized spacial score (nSPS) is 16.8. The predicted molar refractivity (Wildman–Crippen MR) is 108 cm³/mol. The van der Waals surface area contributed by atoms with Crippen molar-refractivity contribution in [3.8, 4) is 0 Å². The lowest BCUT2D eigenvalue weighted by atomic mass is 10.0. The Morgan fingerprint density at radius 2 is 1.83 bits per heavy atom. The molecule has 0 aromatic carbocycles. The molecule has 1 fully saturated rings. The van der Waals surface area contributed by atoms with Crippen LogP contribution in [0.25, 0.3) is 0 Å². The second-order valence-electron chi connectivity index (χ2n) is 6.81. The molecule has 1 saturated carbocycles. The van der Waals surface area contributed by atoms with Crippen molar-refractivity contribution in [3.05, 3.63) is 0 Å². The van der Waals surface area contributed by atoms with E-state index in [0.29, 0.717) is 25.0 Å². The summed E-state index contributed by atoms with van der Waals surface area (Å²) in [4.78, 5) is 16.1. The summed E-state index contributed by atoms with van der Waals surface area (Å²) in [5, 5.41) is 9.70. The highest BCUT2D eigenvalue weighted by molar-refractivity contribution is 14.0. The zero-order chi connectivity index (χ0) is 16.4. The maximum atomic E-state index is 11.9. The molecule has 1 atom stereocenters. The van der Waals surface area contributed by atoms with Crippen LogP contribution in [0.15, 0.2) is 4.99 Å². The molecule has 0 aromatic heterocycles. The lowest BCUT2D eigenvalue weighted by Gasteiger charge is -2.19. The molecule has 1 unspecified atom stereocenters. The van der Waals surface area contributed by atoms with Gasteiger partial charge in [-0.3, -0.25) is 9.79 Å². The highest BCUT2D eigenvalue weighted by Gasteiger charge is 2.16. The molecule has 1 aliphatic rings. The summed E-state index contributed by atoms with van der Waals surface area (Å²) in [7, 11) is 1.77. The Bertz CT molecular complexity index is 355. The fourth-order valence-corrected chi connectivity index (χ4v) is 2.75. The first-order chi connectivity index (χ1) is 10.5. The van der Waals surface area contributed by atoms with Crippen molar-refractivity contribution in [1.82, 2.24) is 16.0 Å². The molecule has 0 saturated heterocycles. The van der Waals surface area contributed by atoms with Crippen molar-refractivity contribution in [2.24, 2.45) is 10.9 Å². The van der Waals surface area contributed by atoms with Crippen molar-refractivity contribution in [1.29, 1.82) is 0 Å². The third kappa shape index (κ3) is 10.8. The lowest BCUT2D eigenvalue weighted by Crippen LogP contribution is -2.43. The number of carbonyl (C=O) groups is 1. The van der Waals surface area contributed by atoms with Crippen LogP contribution in [0, 0.1) is 5.92 Å². The van der Waals surface area contributed by atoms with Crippen LogP contribution < -0.4 is 16.0 Å². The minimum absolute atomic E-state index is 0. The van der Waals surface area contributed by atoms with Crippen molar-refractivity contribution in [3.63, 3.8) is 0 Å². The van der Waals surface area contributed by atoms with Crippen LogP contribution in [-0.4, -0.2) is 37.5 Å². The number of amides is 1. The fraction of sp³-hybridized carbons (Fsp3) is 0.882. The topological polar surface area (TPSA) is 65.5 Å². The molecule has 5 nitrogen and oxygen atoms in total. The molecule has 1 aliphatic carbocycles. The Kier molecular flexibility index (Phi) is 12.5. The SMILES string of the molecule is CN=C(NCCC(=O)NC1CCCC1)NC(C)CCC(C)C.I. The molecule has 6 heteroatoms. The number of carbonyl (C=O) groups excluding carboxylic acids is 1. The molecule has 0 aromatic rings. The van der Waals surface area contributed by atoms with E-state index < -0.39 is 0 Å². The number of rotatable bonds is 8. The van der Waals surface area contributed by atoms with Crippen LogP contribution in [0.1, 0.15) is 65.7 Å². The molecule has 23 heavy (non-hydrogen) atoms. The third-order valence-electron chi connectivity index (χ3n) is 4.15. The molecule has 1 amide bonds. The van der Waals surface area contributed by atoms with E-state index in [1.807, 2.05) is 0 Å². The van der Waals surface area contributed by atoms with Crippen molar-refractivity contribution in [2.75, 3.05) is 13.6 Å². The summed E-state index contributed by atoms with van der Waals surface area (Å²) in [6.07, 6.45) is 7.58. The van der Waals surface area contributed by atoms with E-state index in [1.54, 1.807) is 7.05 Å². The van der Waals surface area contributed by atoms with Gasteiger partial charge in [-0.2, -0.15) is 0 Å². The van der Waals surface area contributed by atoms with E-state index in [4.69, 9.17) is 0 Å². The number of nitrogens with zero attached hydrogens (tertiary/aromatic N) is 1. The Hall–Kier alpha value is -0.530. The van der Waals surface area contributed by atoms with Gasteiger partial charge < -0.3 is 16.0 Å². The Balaban J connectivity index is 0.00000484. The second-order valence-corrected chi connectivity index (χ2v) is 6.81. The summed E-state index contributed by atoms with van der Waals surface area (Å²) < 4.78 is 0. The smallest absolute Gasteiger partial charge is 0.221 e. The van der Waals surface area contributed by atoms with Crippen LogP contribution in [-0.2, 0) is 4.79 Å². The van der Waals surface area contributed by atoms with Gasteiger partial charge in [-0.25, -0.2) is 0 Å². The number of halogens is 1. The van der Waals surface area contributed by atoms with Gasteiger partial charge in [0.25, 0.3) is 0 Å². The molecule has 1 rings (SSSR count). The maximum Gasteiger partial charge on any atom is 0.221 e. The van der Waals surface area contributed by atoms with E-state index in [1.165, 1.54) is 19.3 Å². The first kappa shape index (κ1) is 22.5. The van der Waals surface area contributed by atoms with Crippen LogP contribution in [0.5, 0.6) is 0 Å². The van der Waals surface area contributed by atoms with E-state index in [0.717, 1.165) is 31.1 Å². The average Bonchev–Trinajstić information content (AvgIpc) is 2.96. The molecule has 0 radical (unpaired) electrons. The Morgan fingerprint density at radius 1 is 1.17 bits per heavy atom. The number of guanidine groups is 1. The van der Waals surface area contributed by atoms with Crippen LogP contribution in [0.4, 0.5) is 0 Å². The minimum Gasteiger partial charge on any atom is -0.356 e. The quantitative estimate of drug-likeness (QED) is 0.310. The van der Waals surface area contributed by atoms with Gasteiger partial charge in [0.2, 0.25) is 5.91 Å². The summed E-state index contributed by atoms with van der Waals surface area (Å²) in [5.74, 6) is 1.64. The fourth-order valence-electron chi connectivity index (χ4n) is 2.75. The number of hydrogen-bond acceptors (Lipinski definition) is 2. The molecule has 3 N–H and O–H groups in total. The van der Waals surface area contributed by atoms with Gasteiger partial charge in [0.05, 0.1) is 0 Å². The van der Waals surface area contributed by atoms with Gasteiger partial charge in [-0.05, 0) is 38.5 Å². The van der Waals surface area contributed by atoms with Gasteiger partial charge in [-0.1, -0.05) is 26.7 Å². The summed E-state index contributed by atoms with van der Waals surface area (Å²) in [5.41, 5.74) is 0. The van der Waals surface area contributed by atoms with Crippen LogP contribution >= 0.6 is 24.0 Å². The van der Waals surface area contributed by atoms with Crippen molar-refractivity contribution in [2.45, 2.75) is 77.8 Å². The van der Waals surface area contributed by atoms with Crippen molar-refractivity contribution >= 4 is 35.8 Å². The maximum absolute atomic E-state index is 11.9. The third-order valence-corrected chi connectivity index (χ3v) is 4.15. The van der Waals surface area contributed by atoms with E-state index in [9.17, 15) is 4.79 Å². The second kappa shape index (κ2) is 12.8. The standard InChI is InChI=1S/C17H34N4O.HI/c1-13(2)9-10-14(3)20-17(18-4)19-12-11-16(22)21-15-7-5-6-8-15;/h13-15H,5-12H2,1-4H3,(H,21,22)(H2,18,19,20);1H. The molecule has 0 bridgehead atoms. The van der Waals surface area contributed by atoms with Crippen LogP contribution in [0.2, 0.25) is 0 Å². The van der Waals surface area contributed by atoms with E-state index >= 15 is 0 Å². The predicted octanol–water partition coefficient (Wildman–Crippen LogP) is 3.04. The average molecular weight is 438 g/mol. The number of aliphatic imine (C=N–C) groups is 1. The van der Waals surface area contributed by atoms with Gasteiger partial charge >= 0.3 is 0 Å². The van der Waals surface area contributed by atoms with Gasteiger partial charge in [0.15, 0.2) is 5.96 Å². The van der Waals surface area contributed by atoms with Crippen molar-refractivity contribution < 1.29 is 4.79 Å². The number of hydrogen-bond donors (Lipinski definition) is 3. The molecular formula is C17H35IN4O.